The van der Waals surface area contributed by atoms with Crippen LogP contribution in [-0.2, 0) is 17.5 Å². The molecule has 3 aromatic rings. The Balaban J connectivity index is 1.79. The number of carbonyl (C=O) groups is 1. The number of para-hydroxylation sites is 1. The molecule has 0 aliphatic heterocycles. The number of fused-ring (bicyclic) bond motifs is 1. The molecule has 2 heterocycles. The van der Waals surface area contributed by atoms with E-state index in [9.17, 15) is 18.0 Å². The molecule has 24 heavy (non-hydrogen) atoms. The second kappa shape index (κ2) is 5.66. The van der Waals surface area contributed by atoms with Gasteiger partial charge in [0.25, 0.3) is 0 Å². The van der Waals surface area contributed by atoms with Crippen LogP contribution in [0.1, 0.15) is 17.3 Å². The summed E-state index contributed by atoms with van der Waals surface area (Å²) in [6.07, 6.45) is -4.55. The fourth-order valence-corrected chi connectivity index (χ4v) is 2.29. The number of hydrogen-bond donors (Lipinski definition) is 1. The number of carbonyl (C=O) groups excluding carboxylic acids is 1. The number of halogens is 3. The highest BCUT2D eigenvalue weighted by molar-refractivity contribution is 5.98. The SMILES string of the molecule is Cc1nc2c(NC(=O)Cn3nc(C(F)(F)F)cc3C)cccc2o1. The molecule has 0 spiro atoms. The van der Waals surface area contributed by atoms with E-state index in [1.165, 1.54) is 6.92 Å². The van der Waals surface area contributed by atoms with Gasteiger partial charge in [0, 0.05) is 12.6 Å². The molecule has 6 nitrogen and oxygen atoms in total. The third-order valence-electron chi connectivity index (χ3n) is 3.37. The first-order chi connectivity index (χ1) is 11.2. The van der Waals surface area contributed by atoms with E-state index in [1.54, 1.807) is 25.1 Å². The average molecular weight is 338 g/mol. The molecular weight excluding hydrogens is 325 g/mol. The summed E-state index contributed by atoms with van der Waals surface area (Å²) in [6.45, 7) is 2.80. The molecule has 0 saturated carbocycles. The first-order valence-corrected chi connectivity index (χ1v) is 7.01. The number of nitrogens with zero attached hydrogens (tertiary/aromatic N) is 3. The maximum Gasteiger partial charge on any atom is 0.435 e. The molecule has 1 N–H and O–H groups in total. The van der Waals surface area contributed by atoms with E-state index in [-0.39, 0.29) is 12.2 Å². The van der Waals surface area contributed by atoms with Crippen molar-refractivity contribution in [3.8, 4) is 0 Å². The van der Waals surface area contributed by atoms with Crippen molar-refractivity contribution in [2.24, 2.45) is 0 Å². The minimum atomic E-state index is -4.55. The van der Waals surface area contributed by atoms with Crippen LogP contribution in [0.3, 0.4) is 0 Å². The monoisotopic (exact) mass is 338 g/mol. The predicted molar refractivity (Wildman–Crippen MR) is 79.3 cm³/mol. The number of oxazole rings is 1. The maximum atomic E-state index is 12.6. The summed E-state index contributed by atoms with van der Waals surface area (Å²) in [6, 6.07) is 5.93. The second-order valence-corrected chi connectivity index (χ2v) is 5.26. The smallest absolute Gasteiger partial charge is 0.435 e. The molecule has 0 bridgehead atoms. The summed E-state index contributed by atoms with van der Waals surface area (Å²) in [5, 5.41) is 6.04. The van der Waals surface area contributed by atoms with Gasteiger partial charge in [-0.1, -0.05) is 6.07 Å². The van der Waals surface area contributed by atoms with Gasteiger partial charge in [0.05, 0.1) is 5.69 Å². The maximum absolute atomic E-state index is 12.6. The van der Waals surface area contributed by atoms with Crippen molar-refractivity contribution in [2.75, 3.05) is 5.32 Å². The Morgan fingerprint density at radius 2 is 2.08 bits per heavy atom. The van der Waals surface area contributed by atoms with E-state index < -0.39 is 17.8 Å². The number of hydrogen-bond acceptors (Lipinski definition) is 4. The zero-order valence-corrected chi connectivity index (χ0v) is 12.8. The summed E-state index contributed by atoms with van der Waals surface area (Å²) < 4.78 is 44.3. The normalized spacial score (nSPS) is 11.9. The molecule has 0 fully saturated rings. The minimum absolute atomic E-state index is 0.243. The Bertz CT molecular complexity index is 911. The van der Waals surface area contributed by atoms with Gasteiger partial charge < -0.3 is 9.73 Å². The van der Waals surface area contributed by atoms with Crippen molar-refractivity contribution in [3.63, 3.8) is 0 Å². The summed E-state index contributed by atoms with van der Waals surface area (Å²) in [5.41, 5.74) is 0.640. The van der Waals surface area contributed by atoms with Gasteiger partial charge in [-0.25, -0.2) is 4.98 Å². The Hall–Kier alpha value is -2.84. The Morgan fingerprint density at radius 1 is 1.33 bits per heavy atom. The Morgan fingerprint density at radius 3 is 2.75 bits per heavy atom. The van der Waals surface area contributed by atoms with Gasteiger partial charge >= 0.3 is 6.18 Å². The first-order valence-electron chi connectivity index (χ1n) is 7.01. The van der Waals surface area contributed by atoms with Gasteiger partial charge in [-0.15, -0.1) is 0 Å². The van der Waals surface area contributed by atoms with Crippen LogP contribution in [0.2, 0.25) is 0 Å². The number of benzene rings is 1. The van der Waals surface area contributed by atoms with Gasteiger partial charge in [-0.3, -0.25) is 9.48 Å². The third kappa shape index (κ3) is 3.10. The molecule has 9 heteroatoms. The number of alkyl halides is 3. The lowest BCUT2D eigenvalue weighted by Crippen LogP contribution is -2.21. The van der Waals surface area contributed by atoms with E-state index in [1.807, 2.05) is 0 Å². The lowest BCUT2D eigenvalue weighted by molar-refractivity contribution is -0.141. The van der Waals surface area contributed by atoms with Crippen LogP contribution in [0.5, 0.6) is 0 Å². The van der Waals surface area contributed by atoms with Gasteiger partial charge in [0.2, 0.25) is 5.91 Å². The van der Waals surface area contributed by atoms with Crippen molar-refractivity contribution in [1.29, 1.82) is 0 Å². The number of rotatable bonds is 3. The summed E-state index contributed by atoms with van der Waals surface area (Å²) in [5.74, 6) is -0.0625. The zero-order chi connectivity index (χ0) is 17.5. The fourth-order valence-electron chi connectivity index (χ4n) is 2.29. The lowest BCUT2D eigenvalue weighted by Gasteiger charge is -2.07. The van der Waals surface area contributed by atoms with Crippen LogP contribution in [0, 0.1) is 13.8 Å². The van der Waals surface area contributed by atoms with Crippen molar-refractivity contribution >= 4 is 22.7 Å². The molecule has 0 radical (unpaired) electrons. The van der Waals surface area contributed by atoms with Gasteiger partial charge in [-0.2, -0.15) is 18.3 Å². The van der Waals surface area contributed by atoms with E-state index >= 15 is 0 Å². The standard InChI is InChI=1S/C15H13F3N4O2/c1-8-6-12(15(16,17)18)21-22(8)7-13(23)20-10-4-3-5-11-14(10)19-9(2)24-11/h3-6H,7H2,1-2H3,(H,20,23). The van der Waals surface area contributed by atoms with Crippen molar-refractivity contribution in [1.82, 2.24) is 14.8 Å². The van der Waals surface area contributed by atoms with Crippen LogP contribution in [0.4, 0.5) is 18.9 Å². The van der Waals surface area contributed by atoms with Crippen molar-refractivity contribution in [2.45, 2.75) is 26.6 Å². The van der Waals surface area contributed by atoms with Gasteiger partial charge in [-0.05, 0) is 25.1 Å². The quantitative estimate of drug-likeness (QED) is 0.795. The number of anilines is 1. The summed E-state index contributed by atoms with van der Waals surface area (Å²) in [4.78, 5) is 16.3. The molecule has 126 valence electrons. The summed E-state index contributed by atoms with van der Waals surface area (Å²) in [7, 11) is 0. The predicted octanol–water partition coefficient (Wildman–Crippen LogP) is 3.30. The van der Waals surface area contributed by atoms with E-state index in [2.05, 4.69) is 15.4 Å². The van der Waals surface area contributed by atoms with Crippen LogP contribution < -0.4 is 5.32 Å². The average Bonchev–Trinajstić information content (AvgIpc) is 3.02. The third-order valence-corrected chi connectivity index (χ3v) is 3.37. The topological polar surface area (TPSA) is 73.0 Å². The molecule has 0 aliphatic rings. The highest BCUT2D eigenvalue weighted by atomic mass is 19.4. The number of aryl methyl sites for hydroxylation is 2. The lowest BCUT2D eigenvalue weighted by atomic mass is 10.2. The van der Waals surface area contributed by atoms with E-state index in [0.717, 1.165) is 10.7 Å². The molecule has 0 atom stereocenters. The molecule has 1 amide bonds. The molecule has 1 aromatic carbocycles. The van der Waals surface area contributed by atoms with Crippen molar-refractivity contribution in [3.05, 3.63) is 41.5 Å². The van der Waals surface area contributed by atoms with Crippen LogP contribution >= 0.6 is 0 Å². The largest absolute Gasteiger partial charge is 0.441 e. The second-order valence-electron chi connectivity index (χ2n) is 5.26. The van der Waals surface area contributed by atoms with Gasteiger partial charge in [0.15, 0.2) is 17.2 Å². The van der Waals surface area contributed by atoms with Crippen LogP contribution in [-0.4, -0.2) is 20.7 Å². The van der Waals surface area contributed by atoms with Gasteiger partial charge in [0.1, 0.15) is 12.1 Å². The highest BCUT2D eigenvalue weighted by Crippen LogP contribution is 2.28. The first kappa shape index (κ1) is 16.0. The van der Waals surface area contributed by atoms with Crippen LogP contribution in [0.15, 0.2) is 28.7 Å². The zero-order valence-electron chi connectivity index (χ0n) is 12.8. The van der Waals surface area contributed by atoms with E-state index in [0.29, 0.717) is 22.7 Å². The summed E-state index contributed by atoms with van der Waals surface area (Å²) >= 11 is 0. The molecule has 0 saturated heterocycles. The number of nitrogens with one attached hydrogen (secondary N) is 1. The highest BCUT2D eigenvalue weighted by Gasteiger charge is 2.34. The molecule has 0 aliphatic carbocycles. The molecule has 2 aromatic heterocycles. The molecular formula is C15H13F3N4O2. The van der Waals surface area contributed by atoms with Crippen LogP contribution in [0.25, 0.3) is 11.1 Å². The number of amides is 1. The van der Waals surface area contributed by atoms with E-state index in [4.69, 9.17) is 4.42 Å². The Labute approximate surface area is 134 Å². The molecule has 0 unspecified atom stereocenters. The van der Waals surface area contributed by atoms with Crippen molar-refractivity contribution < 1.29 is 22.4 Å². The fraction of sp³-hybridized carbons (Fsp3) is 0.267. The Kier molecular flexibility index (Phi) is 3.78. The molecule has 3 rings (SSSR count). The number of aromatic nitrogens is 3. The minimum Gasteiger partial charge on any atom is -0.441 e.